The number of fused-ring (bicyclic) bond motifs is 1. The first-order valence-electron chi connectivity index (χ1n) is 17.7. The van der Waals surface area contributed by atoms with Crippen molar-refractivity contribution in [2.45, 2.75) is 44.8 Å². The summed E-state index contributed by atoms with van der Waals surface area (Å²) >= 11 is 3.61. The van der Waals surface area contributed by atoms with Crippen LogP contribution in [-0.4, -0.2) is 111 Å². The lowest BCUT2D eigenvalue weighted by Crippen LogP contribution is -2.59. The number of nitrogens with one attached hydrogen (secondary N) is 2. The van der Waals surface area contributed by atoms with Crippen molar-refractivity contribution in [2.75, 3.05) is 69.2 Å². The number of ether oxygens (including phenoxy) is 1. The molecule has 0 bridgehead atoms. The molecule has 2 unspecified atom stereocenters. The van der Waals surface area contributed by atoms with Crippen molar-refractivity contribution in [1.29, 1.82) is 0 Å². The topological polar surface area (TPSA) is 129 Å². The van der Waals surface area contributed by atoms with Gasteiger partial charge in [0.15, 0.2) is 0 Å². The van der Waals surface area contributed by atoms with E-state index in [1.807, 2.05) is 36.3 Å². The fourth-order valence-corrected chi connectivity index (χ4v) is 9.22. The highest BCUT2D eigenvalue weighted by Gasteiger charge is 2.33. The summed E-state index contributed by atoms with van der Waals surface area (Å²) < 4.78 is 22.0. The van der Waals surface area contributed by atoms with Gasteiger partial charge in [-0.05, 0) is 81.2 Å². The summed E-state index contributed by atoms with van der Waals surface area (Å²) in [7, 11) is 3.09. The molecule has 0 saturated carbocycles. The van der Waals surface area contributed by atoms with E-state index in [1.165, 1.54) is 0 Å². The van der Waals surface area contributed by atoms with Crippen molar-refractivity contribution in [2.24, 2.45) is 7.05 Å². The number of aryl methyl sites for hydroxylation is 1. The van der Waals surface area contributed by atoms with Crippen LogP contribution in [0.4, 0.5) is 28.8 Å². The van der Waals surface area contributed by atoms with Crippen LogP contribution in [0.1, 0.15) is 26.7 Å². The van der Waals surface area contributed by atoms with E-state index in [4.69, 9.17) is 9.72 Å². The van der Waals surface area contributed by atoms with Gasteiger partial charge in [0.25, 0.3) is 0 Å². The molecule has 15 heteroatoms. The molecule has 2 fully saturated rings. The Hall–Kier alpha value is -4.10. The largest absolute Gasteiger partial charge is 0.494 e. The van der Waals surface area contributed by atoms with E-state index in [2.05, 4.69) is 94.3 Å². The maximum absolute atomic E-state index is 13.5. The van der Waals surface area contributed by atoms with Gasteiger partial charge in [-0.2, -0.15) is 10.1 Å². The number of likely N-dealkylation sites (N-methyl/N-ethyl adjacent to an activating group) is 1. The molecule has 2 aliphatic heterocycles. The van der Waals surface area contributed by atoms with Gasteiger partial charge in [-0.25, -0.2) is 4.98 Å². The molecular weight excluding hydrogens is 741 g/mol. The van der Waals surface area contributed by atoms with E-state index < -0.39 is 7.14 Å². The van der Waals surface area contributed by atoms with Gasteiger partial charge >= 0.3 is 0 Å². The van der Waals surface area contributed by atoms with E-state index in [1.54, 1.807) is 39.0 Å². The van der Waals surface area contributed by atoms with Crippen molar-refractivity contribution in [1.82, 2.24) is 39.5 Å². The number of hydrogen-bond donors (Lipinski definition) is 2. The van der Waals surface area contributed by atoms with E-state index >= 15 is 0 Å². The van der Waals surface area contributed by atoms with Crippen LogP contribution in [0.3, 0.4) is 0 Å². The molecule has 5 heterocycles. The molecule has 2 atom stereocenters. The smallest absolute Gasteiger partial charge is 0.229 e. The minimum atomic E-state index is -2.77. The first kappa shape index (κ1) is 36.3. The summed E-state index contributed by atoms with van der Waals surface area (Å²) in [5.74, 6) is 1.55. The molecule has 3 aromatic heterocycles. The van der Waals surface area contributed by atoms with Gasteiger partial charge in [0.2, 0.25) is 5.95 Å². The molecule has 0 aliphatic carbocycles. The summed E-state index contributed by atoms with van der Waals surface area (Å²) in [4.78, 5) is 26.0. The van der Waals surface area contributed by atoms with Gasteiger partial charge in [0.1, 0.15) is 24.2 Å². The van der Waals surface area contributed by atoms with Crippen LogP contribution in [0, 0.1) is 0 Å². The third-order valence-corrected chi connectivity index (χ3v) is 12.5. The molecule has 52 heavy (non-hydrogen) atoms. The van der Waals surface area contributed by atoms with E-state index in [9.17, 15) is 4.57 Å². The van der Waals surface area contributed by atoms with Gasteiger partial charge < -0.3 is 24.8 Å². The fourth-order valence-electron chi connectivity index (χ4n) is 7.54. The van der Waals surface area contributed by atoms with Crippen LogP contribution >= 0.6 is 23.1 Å². The number of anilines is 5. The molecule has 0 amide bonds. The Bertz CT molecular complexity index is 2120. The Morgan fingerprint density at radius 1 is 0.942 bits per heavy atom. The number of nitrogens with zero attached hydrogens (tertiary/aromatic N) is 9. The lowest BCUT2D eigenvalue weighted by atomic mass is 9.97. The van der Waals surface area contributed by atoms with E-state index in [0.717, 1.165) is 61.5 Å². The number of piperazine rings is 1. The van der Waals surface area contributed by atoms with Crippen LogP contribution < -0.4 is 25.6 Å². The summed E-state index contributed by atoms with van der Waals surface area (Å²) in [5, 5.41) is 11.9. The molecular formula is C37H47BrN11O2P. The minimum Gasteiger partial charge on any atom is -0.494 e. The van der Waals surface area contributed by atoms with Crippen LogP contribution in [0.2, 0.25) is 0 Å². The van der Waals surface area contributed by atoms with Gasteiger partial charge in [-0.1, -0.05) is 0 Å². The Balaban J connectivity index is 1.17. The Morgan fingerprint density at radius 3 is 2.35 bits per heavy atom. The predicted octanol–water partition coefficient (Wildman–Crippen LogP) is 6.32. The molecule has 13 nitrogen and oxygen atoms in total. The zero-order chi connectivity index (χ0) is 36.7. The summed E-state index contributed by atoms with van der Waals surface area (Å²) in [5.41, 5.74) is 5.83. The van der Waals surface area contributed by atoms with E-state index in [0.29, 0.717) is 62.1 Å². The number of hydrogen-bond acceptors (Lipinski definition) is 12. The lowest BCUT2D eigenvalue weighted by Gasteiger charge is -2.48. The van der Waals surface area contributed by atoms with Gasteiger partial charge in [-0.15, -0.1) is 0 Å². The van der Waals surface area contributed by atoms with Crippen molar-refractivity contribution in [3.63, 3.8) is 0 Å². The highest BCUT2D eigenvalue weighted by atomic mass is 79.9. The number of piperidine rings is 1. The monoisotopic (exact) mass is 787 g/mol. The SMILES string of the molecule is COc1cc(N2CCC(N3CC(C)N(C)C(C)C3)CC2)c(-c2cnn(C)c2)cc1Nc1ncc(Br)c(Nc2ccc3nccnc3c2P(C)(C)=O)n1. The lowest BCUT2D eigenvalue weighted by molar-refractivity contribution is 0.0270. The van der Waals surface area contributed by atoms with Gasteiger partial charge in [0.05, 0.1) is 40.0 Å². The van der Waals surface area contributed by atoms with Gasteiger partial charge in [-0.3, -0.25) is 24.4 Å². The number of rotatable bonds is 9. The fraction of sp³-hybridized carbons (Fsp3) is 0.432. The normalized spacial score (nSPS) is 19.3. The maximum atomic E-state index is 13.5. The molecule has 0 radical (unpaired) electrons. The molecule has 2 N–H and O–H groups in total. The molecule has 2 saturated heterocycles. The third-order valence-electron chi connectivity index (χ3n) is 10.4. The molecule has 2 aliphatic rings. The van der Waals surface area contributed by atoms with Crippen molar-refractivity contribution >= 4 is 68.2 Å². The number of aromatic nitrogens is 6. The van der Waals surface area contributed by atoms with Crippen LogP contribution in [0.25, 0.3) is 22.2 Å². The standard InChI is InChI=1S/C37H47BrN11O2P/c1-23-20-49(21-24(2)47(23)4)26-10-14-48(15-11-26)32-17-33(51-5)31(16-27(32)25-18-42-46(3)22-25)44-37-41-19-28(38)36(45-37)43-30-9-8-29-34(40-13-12-39-29)35(30)52(6,7)50/h8-9,12-13,16-19,22-24,26H,10-11,14-15,20-21H2,1-7H3,(H2,41,43,44,45). The summed E-state index contributed by atoms with van der Waals surface area (Å²) in [6.45, 7) is 12.3. The molecule has 7 rings (SSSR count). The minimum absolute atomic E-state index is 0.364. The van der Waals surface area contributed by atoms with Crippen molar-refractivity contribution < 1.29 is 9.30 Å². The molecule has 5 aromatic rings. The van der Waals surface area contributed by atoms with Crippen molar-refractivity contribution in [3.05, 3.63) is 59.7 Å². The average Bonchev–Trinajstić information content (AvgIpc) is 3.57. The van der Waals surface area contributed by atoms with Crippen LogP contribution in [-0.2, 0) is 11.6 Å². The van der Waals surface area contributed by atoms with Crippen LogP contribution in [0.15, 0.2) is 59.7 Å². The summed E-state index contributed by atoms with van der Waals surface area (Å²) in [6.07, 6.45) is 11.1. The Morgan fingerprint density at radius 2 is 1.67 bits per heavy atom. The quantitative estimate of drug-likeness (QED) is 0.162. The molecule has 0 spiro atoms. The van der Waals surface area contributed by atoms with Gasteiger partial charge in [0, 0.05) is 99.0 Å². The zero-order valence-corrected chi connectivity index (χ0v) is 33.3. The zero-order valence-electron chi connectivity index (χ0n) is 30.8. The highest BCUT2D eigenvalue weighted by molar-refractivity contribution is 9.10. The first-order valence-corrected chi connectivity index (χ1v) is 21.1. The van der Waals surface area contributed by atoms with Crippen LogP contribution in [0.5, 0.6) is 5.75 Å². The second kappa shape index (κ2) is 14.7. The Labute approximate surface area is 313 Å². The number of halogens is 1. The maximum Gasteiger partial charge on any atom is 0.229 e. The summed E-state index contributed by atoms with van der Waals surface area (Å²) in [6, 6.07) is 9.64. The average molecular weight is 789 g/mol. The second-order valence-corrected chi connectivity index (χ2v) is 18.4. The highest BCUT2D eigenvalue weighted by Crippen LogP contribution is 2.43. The molecule has 274 valence electrons. The van der Waals surface area contributed by atoms with E-state index in [-0.39, 0.29) is 0 Å². The first-order chi connectivity index (χ1) is 24.9. The Kier molecular flexibility index (Phi) is 10.3. The van der Waals surface area contributed by atoms with Crippen molar-refractivity contribution in [3.8, 4) is 16.9 Å². The number of methoxy groups -OCH3 is 1. The predicted molar refractivity (Wildman–Crippen MR) is 214 cm³/mol. The second-order valence-electron chi connectivity index (χ2n) is 14.4. The third kappa shape index (κ3) is 7.39. The molecule has 2 aromatic carbocycles. The number of benzene rings is 2.